The van der Waals surface area contributed by atoms with E-state index < -0.39 is 0 Å². The van der Waals surface area contributed by atoms with Gasteiger partial charge in [-0.25, -0.2) is 0 Å². The van der Waals surface area contributed by atoms with Crippen molar-refractivity contribution in [3.63, 3.8) is 0 Å². The smallest absolute Gasteiger partial charge is 0.317 e. The standard InChI is InChI=1S/C18H36O2S/c1-2-3-4-5-6-7-8-9-10-11-12-13-14-15-16-17-18(19)20-21/h21H,2-17H2,1H3. The van der Waals surface area contributed by atoms with Crippen LogP contribution in [0.1, 0.15) is 110 Å². The predicted molar refractivity (Wildman–Crippen MR) is 94.6 cm³/mol. The summed E-state index contributed by atoms with van der Waals surface area (Å²) in [6.45, 7) is 2.27. The molecular weight excluding hydrogens is 280 g/mol. The van der Waals surface area contributed by atoms with Crippen molar-refractivity contribution in [2.45, 2.75) is 110 Å². The maximum atomic E-state index is 10.8. The fourth-order valence-electron chi connectivity index (χ4n) is 2.69. The van der Waals surface area contributed by atoms with Gasteiger partial charge in [0.25, 0.3) is 0 Å². The number of hydrogen-bond acceptors (Lipinski definition) is 3. The molecule has 0 saturated heterocycles. The van der Waals surface area contributed by atoms with Crippen molar-refractivity contribution in [2.75, 3.05) is 0 Å². The van der Waals surface area contributed by atoms with E-state index in [4.69, 9.17) is 0 Å². The Morgan fingerprint density at radius 3 is 1.33 bits per heavy atom. The van der Waals surface area contributed by atoms with Crippen LogP contribution in [0.2, 0.25) is 0 Å². The molecule has 0 bridgehead atoms. The molecule has 0 N–H and O–H groups in total. The van der Waals surface area contributed by atoms with E-state index in [1.54, 1.807) is 0 Å². The minimum absolute atomic E-state index is 0.201. The topological polar surface area (TPSA) is 26.3 Å². The van der Waals surface area contributed by atoms with Gasteiger partial charge in [-0.15, -0.1) is 0 Å². The van der Waals surface area contributed by atoms with Crippen LogP contribution in [0.5, 0.6) is 0 Å². The lowest BCUT2D eigenvalue weighted by molar-refractivity contribution is -0.132. The molecule has 0 fully saturated rings. The van der Waals surface area contributed by atoms with E-state index >= 15 is 0 Å². The molecule has 3 heteroatoms. The van der Waals surface area contributed by atoms with Crippen LogP contribution < -0.4 is 0 Å². The molecular formula is C18H36O2S. The number of carbonyl (C=O) groups is 1. The number of hydrogen-bond donors (Lipinski definition) is 1. The lowest BCUT2D eigenvalue weighted by Gasteiger charge is -2.03. The molecule has 0 aliphatic heterocycles. The van der Waals surface area contributed by atoms with Crippen molar-refractivity contribution in [1.82, 2.24) is 0 Å². The zero-order valence-corrected chi connectivity index (χ0v) is 15.0. The Labute approximate surface area is 138 Å². The third-order valence-corrected chi connectivity index (χ3v) is 4.29. The predicted octanol–water partition coefficient (Wildman–Crippen LogP) is 6.64. The molecule has 0 aliphatic carbocycles. The van der Waals surface area contributed by atoms with Gasteiger partial charge in [0, 0.05) is 19.3 Å². The first kappa shape index (κ1) is 20.8. The summed E-state index contributed by atoms with van der Waals surface area (Å²) in [4.78, 5) is 10.8. The summed E-state index contributed by atoms with van der Waals surface area (Å²) in [5.74, 6) is -0.201. The van der Waals surface area contributed by atoms with Crippen molar-refractivity contribution in [2.24, 2.45) is 0 Å². The van der Waals surface area contributed by atoms with Crippen LogP contribution >= 0.6 is 12.9 Å². The molecule has 0 saturated carbocycles. The molecule has 0 aliphatic rings. The summed E-state index contributed by atoms with van der Waals surface area (Å²) in [6, 6.07) is 0. The van der Waals surface area contributed by atoms with Crippen LogP contribution in [0.4, 0.5) is 0 Å². The molecule has 0 atom stereocenters. The fraction of sp³-hybridized carbons (Fsp3) is 0.944. The van der Waals surface area contributed by atoms with E-state index in [2.05, 4.69) is 24.0 Å². The molecule has 2 nitrogen and oxygen atoms in total. The minimum atomic E-state index is -0.201. The highest BCUT2D eigenvalue weighted by Crippen LogP contribution is 2.13. The lowest BCUT2D eigenvalue weighted by atomic mass is 10.0. The summed E-state index contributed by atoms with van der Waals surface area (Å²) in [5.41, 5.74) is 0. The Kier molecular flexibility index (Phi) is 17.7. The lowest BCUT2D eigenvalue weighted by Crippen LogP contribution is -1.95. The van der Waals surface area contributed by atoms with E-state index in [1.807, 2.05) is 0 Å². The Morgan fingerprint density at radius 1 is 0.667 bits per heavy atom. The van der Waals surface area contributed by atoms with Gasteiger partial charge in [-0.05, 0) is 6.42 Å². The second-order valence-corrected chi connectivity index (χ2v) is 6.35. The van der Waals surface area contributed by atoms with Crippen molar-refractivity contribution in [3.05, 3.63) is 0 Å². The average molecular weight is 317 g/mol. The van der Waals surface area contributed by atoms with Crippen molar-refractivity contribution in [1.29, 1.82) is 0 Å². The Balaban J connectivity index is 2.98. The van der Waals surface area contributed by atoms with E-state index in [-0.39, 0.29) is 5.97 Å². The van der Waals surface area contributed by atoms with Gasteiger partial charge in [0.1, 0.15) is 0 Å². The number of unbranched alkanes of at least 4 members (excludes halogenated alkanes) is 14. The molecule has 0 heterocycles. The monoisotopic (exact) mass is 316 g/mol. The van der Waals surface area contributed by atoms with Crippen LogP contribution in [0, 0.1) is 0 Å². The van der Waals surface area contributed by atoms with Gasteiger partial charge in [0.05, 0.1) is 0 Å². The van der Waals surface area contributed by atoms with Crippen LogP contribution in [0.25, 0.3) is 0 Å². The van der Waals surface area contributed by atoms with Gasteiger partial charge in [0.2, 0.25) is 0 Å². The first-order valence-electron chi connectivity index (χ1n) is 9.15. The summed E-state index contributed by atoms with van der Waals surface area (Å²) >= 11 is 3.49. The maximum absolute atomic E-state index is 10.8. The molecule has 21 heavy (non-hydrogen) atoms. The number of rotatable bonds is 16. The largest absolute Gasteiger partial charge is 0.395 e. The minimum Gasteiger partial charge on any atom is -0.395 e. The second kappa shape index (κ2) is 17.9. The molecule has 0 amide bonds. The van der Waals surface area contributed by atoms with E-state index in [1.165, 1.54) is 83.5 Å². The van der Waals surface area contributed by atoms with Crippen molar-refractivity contribution >= 4 is 18.9 Å². The van der Waals surface area contributed by atoms with Crippen LogP contribution in [0.3, 0.4) is 0 Å². The summed E-state index contributed by atoms with van der Waals surface area (Å²) < 4.78 is 4.32. The van der Waals surface area contributed by atoms with Crippen LogP contribution in [-0.2, 0) is 8.98 Å². The van der Waals surface area contributed by atoms with Crippen LogP contribution in [0.15, 0.2) is 0 Å². The third-order valence-electron chi connectivity index (χ3n) is 4.09. The normalized spacial score (nSPS) is 10.8. The van der Waals surface area contributed by atoms with Crippen molar-refractivity contribution in [3.8, 4) is 0 Å². The molecule has 0 spiro atoms. The Morgan fingerprint density at radius 2 is 1.00 bits per heavy atom. The molecule has 0 rings (SSSR count). The first-order chi connectivity index (χ1) is 10.3. The molecule has 126 valence electrons. The first-order valence-corrected chi connectivity index (χ1v) is 9.52. The van der Waals surface area contributed by atoms with Crippen molar-refractivity contribution < 1.29 is 8.98 Å². The number of thiol groups is 1. The molecule has 0 aromatic carbocycles. The fourth-order valence-corrected chi connectivity index (χ4v) is 2.78. The highest BCUT2D eigenvalue weighted by atomic mass is 32.1. The zero-order valence-electron chi connectivity index (χ0n) is 14.1. The Hall–Kier alpha value is -0.180. The average Bonchev–Trinajstić information content (AvgIpc) is 2.50. The second-order valence-electron chi connectivity index (χ2n) is 6.16. The van der Waals surface area contributed by atoms with Gasteiger partial charge in [-0.3, -0.25) is 4.79 Å². The number of carbonyl (C=O) groups excluding carboxylic acids is 1. The summed E-state index contributed by atoms with van der Waals surface area (Å²) in [5, 5.41) is 0. The van der Waals surface area contributed by atoms with E-state index in [0.717, 1.165) is 12.8 Å². The van der Waals surface area contributed by atoms with Gasteiger partial charge >= 0.3 is 5.97 Å². The molecule has 0 aromatic heterocycles. The summed E-state index contributed by atoms with van der Waals surface area (Å²) in [6.07, 6.45) is 20.7. The van der Waals surface area contributed by atoms with Gasteiger partial charge in [-0.1, -0.05) is 96.8 Å². The SMILES string of the molecule is CCCCCCCCCCCCCCCCCC(=O)OS. The van der Waals surface area contributed by atoms with Gasteiger partial charge in [0.15, 0.2) is 0 Å². The maximum Gasteiger partial charge on any atom is 0.317 e. The molecule has 0 aromatic rings. The molecule has 0 radical (unpaired) electrons. The highest BCUT2D eigenvalue weighted by molar-refractivity contribution is 7.75. The summed E-state index contributed by atoms with van der Waals surface area (Å²) in [7, 11) is 0. The third kappa shape index (κ3) is 17.8. The van der Waals surface area contributed by atoms with E-state index in [0.29, 0.717) is 6.42 Å². The van der Waals surface area contributed by atoms with E-state index in [9.17, 15) is 4.79 Å². The quantitative estimate of drug-likeness (QED) is 0.196. The zero-order chi connectivity index (χ0) is 15.6. The van der Waals surface area contributed by atoms with Gasteiger partial charge < -0.3 is 4.18 Å². The Bertz CT molecular complexity index is 219. The van der Waals surface area contributed by atoms with Crippen LogP contribution in [-0.4, -0.2) is 5.97 Å². The molecule has 0 unspecified atom stereocenters. The van der Waals surface area contributed by atoms with Gasteiger partial charge in [-0.2, -0.15) is 0 Å². The highest BCUT2D eigenvalue weighted by Gasteiger charge is 1.99.